The maximum Gasteiger partial charge on any atom is 0.125 e. The molecule has 16 heavy (non-hydrogen) atoms. The van der Waals surface area contributed by atoms with E-state index in [1.54, 1.807) is 6.07 Å². The number of nitrogens with one attached hydrogen (secondary N) is 1. The van der Waals surface area contributed by atoms with E-state index in [0.717, 1.165) is 18.5 Å². The number of rotatable bonds is 4. The SMILES string of the molecule is CC1(C(C)(CO)Nc2cccc(F)c2)CC1. The Balaban J connectivity index is 2.19. The van der Waals surface area contributed by atoms with Crippen LogP contribution in [-0.4, -0.2) is 17.3 Å². The number of aliphatic hydroxyl groups is 1. The first-order chi connectivity index (χ1) is 7.49. The molecule has 1 aliphatic carbocycles. The van der Waals surface area contributed by atoms with Crippen molar-refractivity contribution in [3.8, 4) is 0 Å². The van der Waals surface area contributed by atoms with Gasteiger partial charge in [0.15, 0.2) is 0 Å². The van der Waals surface area contributed by atoms with Crippen LogP contribution in [0.1, 0.15) is 26.7 Å². The molecule has 1 aliphatic rings. The third-order valence-electron chi connectivity index (χ3n) is 3.89. The van der Waals surface area contributed by atoms with Crippen LogP contribution in [0.2, 0.25) is 0 Å². The molecule has 0 radical (unpaired) electrons. The molecular weight excluding hydrogens is 205 g/mol. The molecule has 1 atom stereocenters. The first kappa shape index (κ1) is 11.4. The average Bonchev–Trinajstić information content (AvgIpc) is 2.98. The van der Waals surface area contributed by atoms with Crippen LogP contribution >= 0.6 is 0 Å². The maximum absolute atomic E-state index is 13.1. The summed E-state index contributed by atoms with van der Waals surface area (Å²) in [5.41, 5.74) is 0.471. The van der Waals surface area contributed by atoms with Gasteiger partial charge in [0, 0.05) is 5.69 Å². The third kappa shape index (κ3) is 1.92. The molecule has 0 heterocycles. The zero-order valence-electron chi connectivity index (χ0n) is 9.76. The molecule has 88 valence electrons. The van der Waals surface area contributed by atoms with Crippen LogP contribution in [0.4, 0.5) is 10.1 Å². The zero-order valence-corrected chi connectivity index (χ0v) is 9.76. The van der Waals surface area contributed by atoms with Gasteiger partial charge in [-0.25, -0.2) is 4.39 Å². The summed E-state index contributed by atoms with van der Waals surface area (Å²) in [4.78, 5) is 0. The van der Waals surface area contributed by atoms with Crippen molar-refractivity contribution in [1.82, 2.24) is 0 Å². The molecule has 1 fully saturated rings. The highest BCUT2D eigenvalue weighted by molar-refractivity contribution is 5.47. The van der Waals surface area contributed by atoms with Crippen molar-refractivity contribution in [2.75, 3.05) is 11.9 Å². The fraction of sp³-hybridized carbons (Fsp3) is 0.538. The Kier molecular flexibility index (Phi) is 2.66. The average molecular weight is 223 g/mol. The second-order valence-corrected chi connectivity index (χ2v) is 5.19. The lowest BCUT2D eigenvalue weighted by molar-refractivity contribution is 0.167. The van der Waals surface area contributed by atoms with E-state index >= 15 is 0 Å². The van der Waals surface area contributed by atoms with Gasteiger partial charge < -0.3 is 10.4 Å². The lowest BCUT2D eigenvalue weighted by atomic mass is 9.84. The Morgan fingerprint density at radius 2 is 2.19 bits per heavy atom. The molecule has 3 heteroatoms. The summed E-state index contributed by atoms with van der Waals surface area (Å²) < 4.78 is 13.1. The largest absolute Gasteiger partial charge is 0.394 e. The van der Waals surface area contributed by atoms with Gasteiger partial charge >= 0.3 is 0 Å². The second-order valence-electron chi connectivity index (χ2n) is 5.19. The fourth-order valence-electron chi connectivity index (χ4n) is 2.01. The fourth-order valence-corrected chi connectivity index (χ4v) is 2.01. The summed E-state index contributed by atoms with van der Waals surface area (Å²) in [6.45, 7) is 4.19. The van der Waals surface area contributed by atoms with Crippen LogP contribution in [-0.2, 0) is 0 Å². The lowest BCUT2D eigenvalue weighted by Gasteiger charge is -2.36. The monoisotopic (exact) mass is 223 g/mol. The maximum atomic E-state index is 13.1. The highest BCUT2D eigenvalue weighted by atomic mass is 19.1. The molecule has 1 unspecified atom stereocenters. The van der Waals surface area contributed by atoms with E-state index in [0.29, 0.717) is 0 Å². The predicted molar refractivity (Wildman–Crippen MR) is 62.9 cm³/mol. The topological polar surface area (TPSA) is 32.3 Å². The van der Waals surface area contributed by atoms with Gasteiger partial charge in [-0.1, -0.05) is 13.0 Å². The molecule has 1 saturated carbocycles. The lowest BCUT2D eigenvalue weighted by Crippen LogP contribution is -2.46. The van der Waals surface area contributed by atoms with Crippen molar-refractivity contribution in [2.24, 2.45) is 5.41 Å². The third-order valence-corrected chi connectivity index (χ3v) is 3.89. The number of halogens is 1. The summed E-state index contributed by atoms with van der Waals surface area (Å²) >= 11 is 0. The van der Waals surface area contributed by atoms with Crippen molar-refractivity contribution in [2.45, 2.75) is 32.2 Å². The van der Waals surface area contributed by atoms with Gasteiger partial charge in [-0.05, 0) is 43.4 Å². The molecule has 0 amide bonds. The summed E-state index contributed by atoms with van der Waals surface area (Å²) in [7, 11) is 0. The molecule has 0 spiro atoms. The van der Waals surface area contributed by atoms with Crippen LogP contribution in [0.5, 0.6) is 0 Å². The van der Waals surface area contributed by atoms with Gasteiger partial charge in [-0.15, -0.1) is 0 Å². The number of hydrogen-bond donors (Lipinski definition) is 2. The van der Waals surface area contributed by atoms with E-state index in [4.69, 9.17) is 0 Å². The highest BCUT2D eigenvalue weighted by Gasteiger charge is 2.52. The summed E-state index contributed by atoms with van der Waals surface area (Å²) in [6.07, 6.45) is 2.21. The smallest absolute Gasteiger partial charge is 0.125 e. The van der Waals surface area contributed by atoms with E-state index in [1.165, 1.54) is 12.1 Å². The summed E-state index contributed by atoms with van der Waals surface area (Å²) in [5, 5.41) is 12.8. The Morgan fingerprint density at radius 3 is 2.69 bits per heavy atom. The number of hydrogen-bond acceptors (Lipinski definition) is 2. The molecule has 1 aromatic rings. The van der Waals surface area contributed by atoms with Crippen molar-refractivity contribution in [1.29, 1.82) is 0 Å². The molecule has 0 aromatic heterocycles. The second kappa shape index (κ2) is 3.74. The van der Waals surface area contributed by atoms with Crippen molar-refractivity contribution in [3.63, 3.8) is 0 Å². The molecule has 0 aliphatic heterocycles. The standard InChI is InChI=1S/C13H18FNO/c1-12(6-7-12)13(2,9-16)15-11-5-3-4-10(14)8-11/h3-5,8,15-16H,6-7,9H2,1-2H3. The normalized spacial score (nSPS) is 21.2. The van der Waals surface area contributed by atoms with Crippen LogP contribution in [0.15, 0.2) is 24.3 Å². The number of anilines is 1. The van der Waals surface area contributed by atoms with Crippen molar-refractivity contribution in [3.05, 3.63) is 30.1 Å². The van der Waals surface area contributed by atoms with Gasteiger partial charge in [-0.2, -0.15) is 0 Å². The molecule has 0 bridgehead atoms. The minimum Gasteiger partial charge on any atom is -0.394 e. The molecular formula is C13H18FNO. The van der Waals surface area contributed by atoms with Gasteiger partial charge in [0.05, 0.1) is 12.1 Å². The van der Waals surface area contributed by atoms with Gasteiger partial charge in [-0.3, -0.25) is 0 Å². The first-order valence-electron chi connectivity index (χ1n) is 5.64. The number of aliphatic hydroxyl groups excluding tert-OH is 1. The molecule has 0 saturated heterocycles. The quantitative estimate of drug-likeness (QED) is 0.822. The molecule has 2 nitrogen and oxygen atoms in total. The van der Waals surface area contributed by atoms with Crippen LogP contribution in [0.3, 0.4) is 0 Å². The van der Waals surface area contributed by atoms with Crippen molar-refractivity contribution >= 4 is 5.69 Å². The van der Waals surface area contributed by atoms with E-state index in [1.807, 2.05) is 13.0 Å². The van der Waals surface area contributed by atoms with Crippen LogP contribution in [0.25, 0.3) is 0 Å². The highest BCUT2D eigenvalue weighted by Crippen LogP contribution is 2.54. The minimum absolute atomic E-state index is 0.0556. The molecule has 2 rings (SSSR count). The van der Waals surface area contributed by atoms with Gasteiger partial charge in [0.2, 0.25) is 0 Å². The predicted octanol–water partition coefficient (Wildman–Crippen LogP) is 2.79. The van der Waals surface area contributed by atoms with E-state index in [2.05, 4.69) is 12.2 Å². The van der Waals surface area contributed by atoms with E-state index in [9.17, 15) is 9.50 Å². The number of benzene rings is 1. The first-order valence-corrected chi connectivity index (χ1v) is 5.64. The Bertz CT molecular complexity index is 389. The van der Waals surface area contributed by atoms with E-state index in [-0.39, 0.29) is 23.4 Å². The van der Waals surface area contributed by atoms with Gasteiger partial charge in [0.1, 0.15) is 5.82 Å². The van der Waals surface area contributed by atoms with Crippen LogP contribution < -0.4 is 5.32 Å². The summed E-state index contributed by atoms with van der Waals surface area (Å²) in [5.74, 6) is -0.258. The Morgan fingerprint density at radius 1 is 1.50 bits per heavy atom. The Hall–Kier alpha value is -1.09. The van der Waals surface area contributed by atoms with Crippen LogP contribution in [0, 0.1) is 11.2 Å². The zero-order chi connectivity index (χ0) is 11.8. The molecule has 2 N–H and O–H groups in total. The minimum atomic E-state index is -0.374. The van der Waals surface area contributed by atoms with Crippen molar-refractivity contribution < 1.29 is 9.50 Å². The Labute approximate surface area is 95.5 Å². The molecule has 1 aromatic carbocycles. The van der Waals surface area contributed by atoms with E-state index < -0.39 is 0 Å². The summed E-state index contributed by atoms with van der Waals surface area (Å²) in [6, 6.07) is 6.37. The van der Waals surface area contributed by atoms with Gasteiger partial charge in [0.25, 0.3) is 0 Å².